The molecule has 0 amide bonds. The van der Waals surface area contributed by atoms with Gasteiger partial charge in [-0.15, -0.1) is 0 Å². The van der Waals surface area contributed by atoms with Crippen molar-refractivity contribution in [1.82, 2.24) is 15.0 Å². The van der Waals surface area contributed by atoms with Gasteiger partial charge in [0, 0.05) is 12.7 Å². The number of hydrogen-bond acceptors (Lipinski definition) is 6. The van der Waals surface area contributed by atoms with Gasteiger partial charge in [0.2, 0.25) is 0 Å². The number of methoxy groups -OCH3 is 1. The normalized spacial score (nSPS) is 17.9. The second-order valence-electron chi connectivity index (χ2n) is 5.76. The van der Waals surface area contributed by atoms with Crippen LogP contribution in [0.3, 0.4) is 0 Å². The monoisotopic (exact) mass is 372 g/mol. The lowest BCUT2D eigenvalue weighted by molar-refractivity contribution is -0.138. The summed E-state index contributed by atoms with van der Waals surface area (Å²) >= 11 is 0. The maximum atomic E-state index is 14.1. The van der Waals surface area contributed by atoms with Crippen molar-refractivity contribution in [3.63, 3.8) is 0 Å². The molecule has 26 heavy (non-hydrogen) atoms. The fourth-order valence-corrected chi connectivity index (χ4v) is 2.66. The first-order valence-corrected chi connectivity index (χ1v) is 7.87. The zero-order chi connectivity index (χ0) is 18.7. The lowest BCUT2D eigenvalue weighted by Gasteiger charge is -2.33. The molecule has 1 unspecified atom stereocenters. The van der Waals surface area contributed by atoms with Crippen molar-refractivity contribution in [2.45, 2.75) is 25.1 Å². The summed E-state index contributed by atoms with van der Waals surface area (Å²) in [6.45, 7) is 0.739. The first-order valence-electron chi connectivity index (χ1n) is 7.87. The summed E-state index contributed by atoms with van der Waals surface area (Å²) in [7, 11) is 1.49. The van der Waals surface area contributed by atoms with Crippen molar-refractivity contribution in [2.24, 2.45) is 0 Å². The van der Waals surface area contributed by atoms with Crippen LogP contribution < -0.4 is 14.4 Å². The molecule has 2 aromatic rings. The highest BCUT2D eigenvalue weighted by Crippen LogP contribution is 2.31. The average molecular weight is 372 g/mol. The van der Waals surface area contributed by atoms with E-state index in [1.54, 1.807) is 4.90 Å². The van der Waals surface area contributed by atoms with Crippen LogP contribution in [0.25, 0.3) is 0 Å². The molecule has 1 saturated heterocycles. The number of rotatable bonds is 4. The van der Waals surface area contributed by atoms with E-state index >= 15 is 0 Å². The van der Waals surface area contributed by atoms with Gasteiger partial charge in [-0.25, -0.2) is 9.37 Å². The molecule has 1 aliphatic rings. The van der Waals surface area contributed by atoms with Crippen LogP contribution >= 0.6 is 0 Å². The number of alkyl halides is 3. The van der Waals surface area contributed by atoms with Crippen LogP contribution in [-0.4, -0.2) is 41.3 Å². The van der Waals surface area contributed by atoms with E-state index in [4.69, 9.17) is 9.47 Å². The van der Waals surface area contributed by atoms with Crippen LogP contribution in [0.15, 0.2) is 24.7 Å². The molecule has 3 heterocycles. The highest BCUT2D eigenvalue weighted by atomic mass is 19.4. The molecule has 0 radical (unpaired) electrons. The Hall–Kier alpha value is -2.65. The Bertz CT molecular complexity index is 755. The van der Waals surface area contributed by atoms with Gasteiger partial charge in [0.25, 0.3) is 0 Å². The maximum absolute atomic E-state index is 14.1. The highest BCUT2D eigenvalue weighted by molar-refractivity contribution is 5.42. The molecule has 0 N–H and O–H groups in total. The summed E-state index contributed by atoms with van der Waals surface area (Å²) in [4.78, 5) is 13.2. The Balaban J connectivity index is 1.70. The number of halogens is 4. The SMILES string of the molecule is COc1cnc(OC2CCCN(c3ncc(C(F)(F)F)cc3F)C2)nc1. The smallest absolute Gasteiger partial charge is 0.417 e. The summed E-state index contributed by atoms with van der Waals surface area (Å²) in [6.07, 6.45) is -0.0567. The van der Waals surface area contributed by atoms with E-state index in [9.17, 15) is 17.6 Å². The molecule has 6 nitrogen and oxygen atoms in total. The molecule has 0 spiro atoms. The van der Waals surface area contributed by atoms with Crippen LogP contribution in [0.2, 0.25) is 0 Å². The first-order chi connectivity index (χ1) is 12.4. The summed E-state index contributed by atoms with van der Waals surface area (Å²) in [6, 6.07) is 0.609. The molecule has 1 aliphatic heterocycles. The predicted molar refractivity (Wildman–Crippen MR) is 83.6 cm³/mol. The van der Waals surface area contributed by atoms with Gasteiger partial charge in [-0.1, -0.05) is 0 Å². The third kappa shape index (κ3) is 4.12. The minimum atomic E-state index is -4.63. The number of ether oxygens (including phenoxy) is 2. The quantitative estimate of drug-likeness (QED) is 0.769. The van der Waals surface area contributed by atoms with Crippen LogP contribution in [0.5, 0.6) is 11.8 Å². The van der Waals surface area contributed by atoms with E-state index < -0.39 is 17.6 Å². The molecule has 10 heteroatoms. The van der Waals surface area contributed by atoms with Gasteiger partial charge in [0.05, 0.1) is 31.6 Å². The largest absolute Gasteiger partial charge is 0.494 e. The summed E-state index contributed by atoms with van der Waals surface area (Å²) < 4.78 is 62.7. The summed E-state index contributed by atoms with van der Waals surface area (Å²) in [5.41, 5.74) is -1.12. The number of nitrogens with zero attached hydrogens (tertiary/aromatic N) is 4. The van der Waals surface area contributed by atoms with E-state index in [0.717, 1.165) is 0 Å². The number of pyridine rings is 1. The number of piperidine rings is 1. The van der Waals surface area contributed by atoms with Crippen LogP contribution in [-0.2, 0) is 6.18 Å². The molecule has 0 aliphatic carbocycles. The van der Waals surface area contributed by atoms with Crippen molar-refractivity contribution >= 4 is 5.82 Å². The molecule has 2 aromatic heterocycles. The Morgan fingerprint density at radius 2 is 1.88 bits per heavy atom. The molecular weight excluding hydrogens is 356 g/mol. The molecule has 0 bridgehead atoms. The minimum Gasteiger partial charge on any atom is -0.494 e. The summed E-state index contributed by atoms with van der Waals surface area (Å²) in [5, 5.41) is 0. The lowest BCUT2D eigenvalue weighted by atomic mass is 10.1. The van der Waals surface area contributed by atoms with Crippen LogP contribution in [0, 0.1) is 5.82 Å². The van der Waals surface area contributed by atoms with E-state index in [1.807, 2.05) is 0 Å². The third-order valence-corrected chi connectivity index (χ3v) is 3.94. The predicted octanol–water partition coefficient (Wildman–Crippen LogP) is 3.09. The molecule has 0 aromatic carbocycles. The zero-order valence-corrected chi connectivity index (χ0v) is 13.8. The highest BCUT2D eigenvalue weighted by Gasteiger charge is 2.33. The fourth-order valence-electron chi connectivity index (χ4n) is 2.66. The zero-order valence-electron chi connectivity index (χ0n) is 13.8. The van der Waals surface area contributed by atoms with Crippen molar-refractivity contribution in [2.75, 3.05) is 25.1 Å². The van der Waals surface area contributed by atoms with Gasteiger partial charge in [-0.05, 0) is 18.9 Å². The van der Waals surface area contributed by atoms with Crippen molar-refractivity contribution < 1.29 is 27.0 Å². The fraction of sp³-hybridized carbons (Fsp3) is 0.438. The van der Waals surface area contributed by atoms with Gasteiger partial charge in [0.15, 0.2) is 17.4 Å². The standard InChI is InChI=1S/C16H16F4N4O2/c1-25-12-7-22-15(23-8-12)26-11-3-2-4-24(9-11)14-13(17)5-10(6-21-14)16(18,19)20/h5-8,11H,2-4,9H2,1H3. The third-order valence-electron chi connectivity index (χ3n) is 3.94. The lowest BCUT2D eigenvalue weighted by Crippen LogP contribution is -2.42. The van der Waals surface area contributed by atoms with E-state index in [0.29, 0.717) is 37.4 Å². The molecule has 0 saturated carbocycles. The number of aromatic nitrogens is 3. The Kier molecular flexibility index (Phi) is 5.10. The van der Waals surface area contributed by atoms with Crippen molar-refractivity contribution in [1.29, 1.82) is 0 Å². The Labute approximate surface area is 146 Å². The second-order valence-corrected chi connectivity index (χ2v) is 5.76. The number of anilines is 1. The molecule has 1 fully saturated rings. The Morgan fingerprint density at radius 3 is 2.50 bits per heavy atom. The topological polar surface area (TPSA) is 60.4 Å². The van der Waals surface area contributed by atoms with Crippen molar-refractivity contribution in [3.8, 4) is 11.8 Å². The molecule has 3 rings (SSSR count). The van der Waals surface area contributed by atoms with Gasteiger partial charge < -0.3 is 14.4 Å². The van der Waals surface area contributed by atoms with Gasteiger partial charge in [-0.3, -0.25) is 0 Å². The van der Waals surface area contributed by atoms with Gasteiger partial charge in [0.1, 0.15) is 6.10 Å². The van der Waals surface area contributed by atoms with E-state index in [1.165, 1.54) is 19.5 Å². The van der Waals surface area contributed by atoms with Crippen LogP contribution in [0.1, 0.15) is 18.4 Å². The Morgan fingerprint density at radius 1 is 1.15 bits per heavy atom. The van der Waals surface area contributed by atoms with Gasteiger partial charge in [-0.2, -0.15) is 23.1 Å². The van der Waals surface area contributed by atoms with Gasteiger partial charge >= 0.3 is 12.2 Å². The second kappa shape index (κ2) is 7.30. The number of hydrogen-bond donors (Lipinski definition) is 0. The van der Waals surface area contributed by atoms with Crippen LogP contribution in [0.4, 0.5) is 23.4 Å². The summed E-state index contributed by atoms with van der Waals surface area (Å²) in [5.74, 6) is -0.651. The van der Waals surface area contributed by atoms with E-state index in [-0.39, 0.29) is 24.5 Å². The molecular formula is C16H16F4N4O2. The first kappa shape index (κ1) is 18.2. The average Bonchev–Trinajstić information content (AvgIpc) is 2.62. The molecule has 140 valence electrons. The molecule has 1 atom stereocenters. The van der Waals surface area contributed by atoms with E-state index in [2.05, 4.69) is 15.0 Å². The maximum Gasteiger partial charge on any atom is 0.417 e. The minimum absolute atomic E-state index is 0.123. The van der Waals surface area contributed by atoms with Crippen molar-refractivity contribution in [3.05, 3.63) is 36.0 Å².